The molecule has 0 aliphatic rings. The maximum absolute atomic E-state index is 11.8. The van der Waals surface area contributed by atoms with Crippen LogP contribution in [0.15, 0.2) is 30.3 Å². The number of benzene rings is 1. The molecule has 1 aromatic rings. The molecule has 0 aliphatic carbocycles. The first-order chi connectivity index (χ1) is 10.0. The summed E-state index contributed by atoms with van der Waals surface area (Å²) in [6, 6.07) is 8.05. The van der Waals surface area contributed by atoms with Crippen molar-refractivity contribution >= 4 is 23.8 Å². The minimum absolute atomic E-state index is 0.419. The van der Waals surface area contributed by atoms with Gasteiger partial charge < -0.3 is 15.7 Å². The molecule has 0 saturated heterocycles. The van der Waals surface area contributed by atoms with Crippen LogP contribution in [0.3, 0.4) is 0 Å². The minimum atomic E-state index is -1.47. The van der Waals surface area contributed by atoms with Crippen molar-refractivity contribution in [3.63, 3.8) is 0 Å². The molecule has 0 radical (unpaired) electrons. The van der Waals surface area contributed by atoms with Crippen molar-refractivity contribution in [2.75, 3.05) is 18.1 Å². The second-order valence-electron chi connectivity index (χ2n) is 4.43. The average Bonchev–Trinajstić information content (AvgIpc) is 2.47. The van der Waals surface area contributed by atoms with Gasteiger partial charge in [-0.1, -0.05) is 36.3 Å². The number of carboxylic acid groups (broad SMARTS) is 1. The third kappa shape index (κ3) is 5.04. The predicted molar refractivity (Wildman–Crippen MR) is 84.1 cm³/mol. The number of rotatable bonds is 7. The summed E-state index contributed by atoms with van der Waals surface area (Å²) >= 11 is 1.52. The summed E-state index contributed by atoms with van der Waals surface area (Å²) in [6.45, 7) is 1.88. The van der Waals surface area contributed by atoms with Gasteiger partial charge in [-0.2, -0.15) is 0 Å². The van der Waals surface area contributed by atoms with Crippen molar-refractivity contribution in [3.05, 3.63) is 35.9 Å². The van der Waals surface area contributed by atoms with Gasteiger partial charge in [0.2, 0.25) is 0 Å². The average molecular weight is 306 g/mol. The molecule has 1 unspecified atom stereocenters. The van der Waals surface area contributed by atoms with E-state index in [1.54, 1.807) is 30.3 Å². The summed E-state index contributed by atoms with van der Waals surface area (Å²) in [5.74, 6) is 2.62. The third-order valence-corrected chi connectivity index (χ3v) is 3.72. The molecule has 0 aromatic heterocycles. The molecule has 0 bridgehead atoms. The van der Waals surface area contributed by atoms with Crippen LogP contribution in [-0.2, 0) is 10.3 Å². The summed E-state index contributed by atoms with van der Waals surface area (Å²) in [5, 5.41) is 14.5. The lowest BCUT2D eigenvalue weighted by Gasteiger charge is -2.26. The van der Waals surface area contributed by atoms with Gasteiger partial charge in [0.05, 0.1) is 5.75 Å². The molecule has 112 valence electrons. The lowest BCUT2D eigenvalue weighted by molar-refractivity contribution is -0.144. The SMILES string of the molecule is C#CCSCCNC(=O)NC(C)(C(=O)O)c1ccccc1. The number of thioether (sulfide) groups is 1. The van der Waals surface area contributed by atoms with E-state index >= 15 is 0 Å². The van der Waals surface area contributed by atoms with Gasteiger partial charge >= 0.3 is 12.0 Å². The number of hydrogen-bond acceptors (Lipinski definition) is 3. The van der Waals surface area contributed by atoms with Crippen LogP contribution in [-0.4, -0.2) is 35.2 Å². The van der Waals surface area contributed by atoms with Crippen molar-refractivity contribution in [1.82, 2.24) is 10.6 Å². The second-order valence-corrected chi connectivity index (χ2v) is 5.54. The van der Waals surface area contributed by atoms with Crippen LogP contribution in [0, 0.1) is 12.3 Å². The van der Waals surface area contributed by atoms with Crippen molar-refractivity contribution in [2.24, 2.45) is 0 Å². The van der Waals surface area contributed by atoms with Crippen molar-refractivity contribution in [3.8, 4) is 12.3 Å². The zero-order chi connectivity index (χ0) is 15.7. The number of urea groups is 1. The van der Waals surface area contributed by atoms with E-state index < -0.39 is 17.5 Å². The predicted octanol–water partition coefficient (Wildman–Crippen LogP) is 1.65. The number of nitrogens with one attached hydrogen (secondary N) is 2. The normalized spacial score (nSPS) is 12.8. The highest BCUT2D eigenvalue weighted by atomic mass is 32.2. The maximum atomic E-state index is 11.8. The topological polar surface area (TPSA) is 78.4 Å². The molecule has 0 heterocycles. The van der Waals surface area contributed by atoms with Crippen LogP contribution in [0.25, 0.3) is 0 Å². The van der Waals surface area contributed by atoms with Crippen LogP contribution in [0.1, 0.15) is 12.5 Å². The number of carboxylic acids is 1. The molecular formula is C15H18N2O3S. The summed E-state index contributed by atoms with van der Waals surface area (Å²) in [6.07, 6.45) is 5.12. The number of terminal acetylenes is 1. The van der Waals surface area contributed by atoms with Gasteiger partial charge in [-0.15, -0.1) is 18.2 Å². The Morgan fingerprint density at radius 2 is 2.05 bits per heavy atom. The van der Waals surface area contributed by atoms with Gasteiger partial charge in [-0.25, -0.2) is 9.59 Å². The lowest BCUT2D eigenvalue weighted by atomic mass is 9.92. The van der Waals surface area contributed by atoms with Crippen molar-refractivity contribution in [2.45, 2.75) is 12.5 Å². The fourth-order valence-electron chi connectivity index (χ4n) is 1.66. The number of aliphatic carboxylic acids is 1. The van der Waals surface area contributed by atoms with Crippen LogP contribution < -0.4 is 10.6 Å². The maximum Gasteiger partial charge on any atom is 0.333 e. The van der Waals surface area contributed by atoms with Crippen LogP contribution in [0.4, 0.5) is 4.79 Å². The van der Waals surface area contributed by atoms with E-state index in [-0.39, 0.29) is 0 Å². The Balaban J connectivity index is 2.61. The smallest absolute Gasteiger partial charge is 0.333 e. The highest BCUT2D eigenvalue weighted by molar-refractivity contribution is 7.99. The highest BCUT2D eigenvalue weighted by Gasteiger charge is 2.36. The molecule has 21 heavy (non-hydrogen) atoms. The highest BCUT2D eigenvalue weighted by Crippen LogP contribution is 2.20. The lowest BCUT2D eigenvalue weighted by Crippen LogP contribution is -2.53. The molecule has 6 heteroatoms. The van der Waals surface area contributed by atoms with Crippen LogP contribution in [0.5, 0.6) is 0 Å². The monoisotopic (exact) mass is 306 g/mol. The molecule has 2 amide bonds. The fourth-order valence-corrected chi connectivity index (χ4v) is 2.17. The van der Waals surface area contributed by atoms with E-state index in [9.17, 15) is 14.7 Å². The van der Waals surface area contributed by atoms with Crippen LogP contribution in [0.2, 0.25) is 0 Å². The molecule has 1 atom stereocenters. The van der Waals surface area contributed by atoms with Crippen molar-refractivity contribution < 1.29 is 14.7 Å². The molecule has 0 spiro atoms. The van der Waals surface area contributed by atoms with Gasteiger partial charge in [-0.3, -0.25) is 0 Å². The molecule has 5 nitrogen and oxygen atoms in total. The van der Waals surface area contributed by atoms with E-state index in [0.29, 0.717) is 23.6 Å². The van der Waals surface area contributed by atoms with E-state index in [4.69, 9.17) is 6.42 Å². The first-order valence-corrected chi connectivity index (χ1v) is 7.52. The van der Waals surface area contributed by atoms with Gasteiger partial charge in [0.15, 0.2) is 5.54 Å². The van der Waals surface area contributed by atoms with E-state index in [0.717, 1.165) is 0 Å². The number of amides is 2. The second kappa shape index (κ2) is 8.22. The number of hydrogen-bond donors (Lipinski definition) is 3. The van der Waals surface area contributed by atoms with Gasteiger partial charge in [-0.05, 0) is 12.5 Å². The minimum Gasteiger partial charge on any atom is -0.479 e. The third-order valence-electron chi connectivity index (χ3n) is 2.86. The van der Waals surface area contributed by atoms with Gasteiger partial charge in [0.25, 0.3) is 0 Å². The molecule has 1 rings (SSSR count). The Morgan fingerprint density at radius 3 is 2.62 bits per heavy atom. The van der Waals surface area contributed by atoms with Crippen LogP contribution >= 0.6 is 11.8 Å². The molecule has 0 aliphatic heterocycles. The fraction of sp³-hybridized carbons (Fsp3) is 0.333. The Kier molecular flexibility index (Phi) is 6.63. The number of carbonyl (C=O) groups excluding carboxylic acids is 1. The van der Waals surface area contributed by atoms with Gasteiger partial charge in [0.1, 0.15) is 0 Å². The zero-order valence-corrected chi connectivity index (χ0v) is 12.6. The Bertz CT molecular complexity index is 527. The standard InChI is InChI=1S/C15H18N2O3S/c1-3-10-21-11-9-16-14(20)17-15(2,13(18)19)12-7-5-4-6-8-12/h1,4-8H,9-11H2,2H3,(H,18,19)(H2,16,17,20). The number of carbonyl (C=O) groups is 2. The van der Waals surface area contributed by atoms with Gasteiger partial charge in [0, 0.05) is 12.3 Å². The molecule has 3 N–H and O–H groups in total. The summed E-state index contributed by atoms with van der Waals surface area (Å²) in [5.41, 5.74) is -0.966. The Labute approximate surface area is 128 Å². The first-order valence-electron chi connectivity index (χ1n) is 6.37. The molecule has 1 aromatic carbocycles. The largest absolute Gasteiger partial charge is 0.479 e. The molecular weight excluding hydrogens is 288 g/mol. The summed E-state index contributed by atoms with van der Waals surface area (Å²) in [7, 11) is 0. The molecule has 0 fully saturated rings. The Hall–Kier alpha value is -2.13. The Morgan fingerprint density at radius 1 is 1.38 bits per heavy atom. The van der Waals surface area contributed by atoms with Crippen molar-refractivity contribution in [1.29, 1.82) is 0 Å². The first kappa shape index (κ1) is 16.9. The summed E-state index contributed by atoms with van der Waals surface area (Å²) < 4.78 is 0. The molecule has 0 saturated carbocycles. The van der Waals surface area contributed by atoms with E-state index in [1.165, 1.54) is 18.7 Å². The van der Waals surface area contributed by atoms with E-state index in [2.05, 4.69) is 16.6 Å². The zero-order valence-electron chi connectivity index (χ0n) is 11.8. The van der Waals surface area contributed by atoms with E-state index in [1.807, 2.05) is 0 Å². The summed E-state index contributed by atoms with van der Waals surface area (Å²) in [4.78, 5) is 23.3. The quantitative estimate of drug-likeness (QED) is 0.529.